The number of aldehydes is 1. The predicted octanol–water partition coefficient (Wildman–Crippen LogP) is 2.88. The zero-order valence-electron chi connectivity index (χ0n) is 6.96. The van der Waals surface area contributed by atoms with Crippen LogP contribution in [0.4, 0.5) is 0 Å². The average Bonchev–Trinajstić information content (AvgIpc) is 2.17. The Balaban J connectivity index is 2.93. The molecule has 0 aliphatic heterocycles. The minimum absolute atomic E-state index is 0.00370. The Morgan fingerprint density at radius 2 is 2.33 bits per heavy atom. The molecule has 0 fully saturated rings. The standard InChI is InChI=1S/C10H11BrO/c1-8(7-12)10-4-2-3-9(5-10)6-11/h2-5,7-8H,6H2,1H3. The van der Waals surface area contributed by atoms with Crippen LogP contribution in [0.5, 0.6) is 0 Å². The van der Waals surface area contributed by atoms with Gasteiger partial charge in [-0.05, 0) is 11.1 Å². The normalized spacial score (nSPS) is 12.5. The van der Waals surface area contributed by atoms with E-state index in [2.05, 4.69) is 15.9 Å². The molecule has 0 aromatic heterocycles. The monoisotopic (exact) mass is 226 g/mol. The van der Waals surface area contributed by atoms with Crippen LogP contribution in [0.2, 0.25) is 0 Å². The first kappa shape index (κ1) is 9.46. The molecule has 2 heteroatoms. The van der Waals surface area contributed by atoms with Gasteiger partial charge in [0.2, 0.25) is 0 Å². The lowest BCUT2D eigenvalue weighted by Gasteiger charge is -2.04. The maximum Gasteiger partial charge on any atom is 0.127 e. The molecule has 0 saturated carbocycles. The first-order valence-electron chi connectivity index (χ1n) is 3.88. The third kappa shape index (κ3) is 2.18. The van der Waals surface area contributed by atoms with Crippen molar-refractivity contribution in [3.63, 3.8) is 0 Å². The number of hydrogen-bond donors (Lipinski definition) is 0. The van der Waals surface area contributed by atoms with E-state index in [-0.39, 0.29) is 5.92 Å². The van der Waals surface area contributed by atoms with Crippen molar-refractivity contribution >= 4 is 22.2 Å². The summed E-state index contributed by atoms with van der Waals surface area (Å²) in [4.78, 5) is 10.5. The lowest BCUT2D eigenvalue weighted by molar-refractivity contribution is -0.108. The molecule has 0 spiro atoms. The molecule has 0 radical (unpaired) electrons. The van der Waals surface area contributed by atoms with Gasteiger partial charge in [-0.3, -0.25) is 0 Å². The summed E-state index contributed by atoms with van der Waals surface area (Å²) in [6.45, 7) is 1.90. The van der Waals surface area contributed by atoms with Gasteiger partial charge in [0.05, 0.1) is 0 Å². The average molecular weight is 227 g/mol. The lowest BCUT2D eigenvalue weighted by Crippen LogP contribution is -1.94. The summed E-state index contributed by atoms with van der Waals surface area (Å²) in [7, 11) is 0. The number of halogens is 1. The van der Waals surface area contributed by atoms with E-state index in [0.29, 0.717) is 0 Å². The molecule has 0 heterocycles. The second-order valence-corrected chi connectivity index (χ2v) is 3.36. The summed E-state index contributed by atoms with van der Waals surface area (Å²) in [5.74, 6) is 0.00370. The molecular weight excluding hydrogens is 216 g/mol. The van der Waals surface area contributed by atoms with E-state index in [9.17, 15) is 4.79 Å². The Kier molecular flexibility index (Phi) is 3.48. The Morgan fingerprint density at radius 3 is 2.92 bits per heavy atom. The molecule has 0 bridgehead atoms. The second-order valence-electron chi connectivity index (χ2n) is 2.80. The third-order valence-electron chi connectivity index (χ3n) is 1.84. The van der Waals surface area contributed by atoms with E-state index in [0.717, 1.165) is 17.2 Å². The van der Waals surface area contributed by atoms with Crippen LogP contribution < -0.4 is 0 Å². The molecule has 1 aromatic rings. The van der Waals surface area contributed by atoms with Crippen LogP contribution in [-0.2, 0) is 10.1 Å². The zero-order chi connectivity index (χ0) is 8.97. The Labute approximate surface area is 80.9 Å². The minimum atomic E-state index is 0.00370. The van der Waals surface area contributed by atoms with Crippen LogP contribution in [0.1, 0.15) is 24.0 Å². The molecule has 0 aliphatic carbocycles. The Hall–Kier alpha value is -0.630. The van der Waals surface area contributed by atoms with E-state index < -0.39 is 0 Å². The van der Waals surface area contributed by atoms with Gasteiger partial charge >= 0.3 is 0 Å². The predicted molar refractivity (Wildman–Crippen MR) is 53.6 cm³/mol. The fraction of sp³-hybridized carbons (Fsp3) is 0.300. The molecular formula is C10H11BrO. The highest BCUT2D eigenvalue weighted by Crippen LogP contribution is 2.15. The van der Waals surface area contributed by atoms with Gasteiger partial charge in [0.1, 0.15) is 6.29 Å². The SMILES string of the molecule is CC(C=O)c1cccc(CBr)c1. The van der Waals surface area contributed by atoms with Crippen molar-refractivity contribution in [2.75, 3.05) is 0 Å². The maximum absolute atomic E-state index is 10.5. The van der Waals surface area contributed by atoms with E-state index in [1.165, 1.54) is 5.56 Å². The molecule has 1 nitrogen and oxygen atoms in total. The second kappa shape index (κ2) is 4.41. The van der Waals surface area contributed by atoms with E-state index in [1.54, 1.807) is 0 Å². The van der Waals surface area contributed by atoms with Crippen LogP contribution in [0.25, 0.3) is 0 Å². The highest BCUT2D eigenvalue weighted by molar-refractivity contribution is 9.08. The molecule has 0 amide bonds. The Bertz CT molecular complexity index is 270. The molecule has 12 heavy (non-hydrogen) atoms. The summed E-state index contributed by atoms with van der Waals surface area (Å²) >= 11 is 3.37. The van der Waals surface area contributed by atoms with Crippen molar-refractivity contribution < 1.29 is 4.79 Å². The molecule has 64 valence electrons. The van der Waals surface area contributed by atoms with Crippen molar-refractivity contribution in [1.29, 1.82) is 0 Å². The number of hydrogen-bond acceptors (Lipinski definition) is 1. The van der Waals surface area contributed by atoms with Gasteiger partial charge in [-0.2, -0.15) is 0 Å². The van der Waals surface area contributed by atoms with Crippen LogP contribution in [0.15, 0.2) is 24.3 Å². The first-order chi connectivity index (χ1) is 5.77. The van der Waals surface area contributed by atoms with E-state index >= 15 is 0 Å². The van der Waals surface area contributed by atoms with Crippen LogP contribution in [-0.4, -0.2) is 6.29 Å². The summed E-state index contributed by atoms with van der Waals surface area (Å²) < 4.78 is 0. The fourth-order valence-electron chi connectivity index (χ4n) is 1.04. The molecule has 1 unspecified atom stereocenters. The summed E-state index contributed by atoms with van der Waals surface area (Å²) in [5.41, 5.74) is 2.29. The van der Waals surface area contributed by atoms with Crippen molar-refractivity contribution in [3.05, 3.63) is 35.4 Å². The molecule has 1 atom stereocenters. The Morgan fingerprint density at radius 1 is 1.58 bits per heavy atom. The highest BCUT2D eigenvalue weighted by Gasteiger charge is 2.02. The van der Waals surface area contributed by atoms with Crippen LogP contribution >= 0.6 is 15.9 Å². The fourth-order valence-corrected chi connectivity index (χ4v) is 1.39. The molecule has 0 N–H and O–H groups in total. The van der Waals surface area contributed by atoms with E-state index in [1.807, 2.05) is 31.2 Å². The van der Waals surface area contributed by atoms with Crippen molar-refractivity contribution in [2.24, 2.45) is 0 Å². The quantitative estimate of drug-likeness (QED) is 0.573. The lowest BCUT2D eigenvalue weighted by atomic mass is 10.0. The third-order valence-corrected chi connectivity index (χ3v) is 2.48. The van der Waals surface area contributed by atoms with Gasteiger partial charge in [-0.1, -0.05) is 47.1 Å². The van der Waals surface area contributed by atoms with Gasteiger partial charge < -0.3 is 4.79 Å². The van der Waals surface area contributed by atoms with Crippen molar-refractivity contribution in [3.8, 4) is 0 Å². The molecule has 0 aliphatic rings. The van der Waals surface area contributed by atoms with Gasteiger partial charge in [0, 0.05) is 11.2 Å². The number of carbonyl (C=O) groups is 1. The topological polar surface area (TPSA) is 17.1 Å². The minimum Gasteiger partial charge on any atom is -0.303 e. The summed E-state index contributed by atoms with van der Waals surface area (Å²) in [6.07, 6.45) is 0.966. The first-order valence-corrected chi connectivity index (χ1v) is 5.00. The highest BCUT2D eigenvalue weighted by atomic mass is 79.9. The van der Waals surface area contributed by atoms with Gasteiger partial charge in [0.15, 0.2) is 0 Å². The number of benzene rings is 1. The number of carbonyl (C=O) groups excluding carboxylic acids is 1. The molecule has 0 saturated heterocycles. The van der Waals surface area contributed by atoms with Crippen molar-refractivity contribution in [2.45, 2.75) is 18.2 Å². The van der Waals surface area contributed by atoms with E-state index in [4.69, 9.17) is 0 Å². The van der Waals surface area contributed by atoms with Gasteiger partial charge in [-0.25, -0.2) is 0 Å². The zero-order valence-corrected chi connectivity index (χ0v) is 8.54. The number of rotatable bonds is 3. The summed E-state index contributed by atoms with van der Waals surface area (Å²) in [5, 5.41) is 0.840. The van der Waals surface area contributed by atoms with Gasteiger partial charge in [0.25, 0.3) is 0 Å². The van der Waals surface area contributed by atoms with Crippen molar-refractivity contribution in [1.82, 2.24) is 0 Å². The van der Waals surface area contributed by atoms with Crippen LogP contribution in [0, 0.1) is 0 Å². The summed E-state index contributed by atoms with van der Waals surface area (Å²) in [6, 6.07) is 8.04. The molecule has 1 rings (SSSR count). The number of alkyl halides is 1. The van der Waals surface area contributed by atoms with Crippen LogP contribution in [0.3, 0.4) is 0 Å². The van der Waals surface area contributed by atoms with Gasteiger partial charge in [-0.15, -0.1) is 0 Å². The maximum atomic E-state index is 10.5. The largest absolute Gasteiger partial charge is 0.303 e. The molecule has 1 aromatic carbocycles. The smallest absolute Gasteiger partial charge is 0.127 e.